The summed E-state index contributed by atoms with van der Waals surface area (Å²) in [7, 11) is 0. The highest BCUT2D eigenvalue weighted by atomic mass is 35.5. The lowest BCUT2D eigenvalue weighted by Gasteiger charge is -2.04. The number of halogens is 1. The second kappa shape index (κ2) is 7.20. The van der Waals surface area contributed by atoms with E-state index in [1.165, 1.54) is 24.3 Å². The maximum Gasteiger partial charge on any atom is 0.276 e. The molecule has 0 bridgehead atoms. The van der Waals surface area contributed by atoms with E-state index in [2.05, 4.69) is 5.32 Å². The molecule has 0 aliphatic rings. The number of para-hydroxylation sites is 1. The van der Waals surface area contributed by atoms with Crippen LogP contribution in [0.1, 0.15) is 5.56 Å². The molecule has 1 amide bonds. The number of carbonyl (C=O) groups excluding carboxylic acids is 1. The molecular formula is C16H10ClN3O3. The standard InChI is InChI=1S/C16H10ClN3O3/c17-13-5-7-14(8-6-13)19-16(21)12(10-18)9-11-3-1-2-4-15(11)20(22)23/h1-9H,(H,19,21)/b12-9+. The average Bonchev–Trinajstić information content (AvgIpc) is 2.54. The number of nitro groups is 1. The SMILES string of the molecule is N#C/C(=C\c1ccccc1[N+](=O)[O-])C(=O)Nc1ccc(Cl)cc1. The molecule has 0 fully saturated rings. The molecule has 0 saturated carbocycles. The van der Waals surface area contributed by atoms with Gasteiger partial charge in [-0.3, -0.25) is 14.9 Å². The van der Waals surface area contributed by atoms with Crippen LogP contribution < -0.4 is 5.32 Å². The predicted molar refractivity (Wildman–Crippen MR) is 86.8 cm³/mol. The van der Waals surface area contributed by atoms with Crippen LogP contribution in [0, 0.1) is 21.4 Å². The molecule has 0 atom stereocenters. The molecule has 2 rings (SSSR count). The van der Waals surface area contributed by atoms with Crippen molar-refractivity contribution in [2.24, 2.45) is 0 Å². The van der Waals surface area contributed by atoms with E-state index >= 15 is 0 Å². The first-order chi connectivity index (χ1) is 11.0. The van der Waals surface area contributed by atoms with Gasteiger partial charge in [0.05, 0.1) is 10.5 Å². The Balaban J connectivity index is 2.29. The number of amides is 1. The van der Waals surface area contributed by atoms with Crippen molar-refractivity contribution in [1.29, 1.82) is 5.26 Å². The maximum absolute atomic E-state index is 12.1. The summed E-state index contributed by atoms with van der Waals surface area (Å²) in [4.78, 5) is 22.5. The van der Waals surface area contributed by atoms with Gasteiger partial charge in [0.2, 0.25) is 0 Å². The Morgan fingerprint density at radius 2 is 1.87 bits per heavy atom. The Labute approximate surface area is 136 Å². The van der Waals surface area contributed by atoms with Crippen molar-refractivity contribution >= 4 is 35.0 Å². The van der Waals surface area contributed by atoms with Crippen molar-refractivity contribution in [1.82, 2.24) is 0 Å². The first kappa shape index (κ1) is 16.2. The molecule has 2 aromatic rings. The van der Waals surface area contributed by atoms with E-state index in [1.807, 2.05) is 0 Å². The Kier molecular flexibility index (Phi) is 5.07. The number of nitrogens with one attached hydrogen (secondary N) is 1. The highest BCUT2D eigenvalue weighted by Gasteiger charge is 2.15. The van der Waals surface area contributed by atoms with Gasteiger partial charge in [-0.05, 0) is 36.4 Å². The summed E-state index contributed by atoms with van der Waals surface area (Å²) in [5, 5.41) is 23.1. The highest BCUT2D eigenvalue weighted by molar-refractivity contribution is 6.30. The lowest BCUT2D eigenvalue weighted by Crippen LogP contribution is -2.13. The van der Waals surface area contributed by atoms with Gasteiger partial charge in [-0.25, -0.2) is 0 Å². The van der Waals surface area contributed by atoms with E-state index in [4.69, 9.17) is 16.9 Å². The zero-order valence-electron chi connectivity index (χ0n) is 11.7. The molecule has 23 heavy (non-hydrogen) atoms. The van der Waals surface area contributed by atoms with Gasteiger partial charge >= 0.3 is 0 Å². The number of hydrogen-bond donors (Lipinski definition) is 1. The van der Waals surface area contributed by atoms with E-state index in [0.29, 0.717) is 10.7 Å². The molecule has 0 aliphatic carbocycles. The number of carbonyl (C=O) groups is 1. The third kappa shape index (κ3) is 4.15. The van der Waals surface area contributed by atoms with E-state index in [0.717, 1.165) is 0 Å². The van der Waals surface area contributed by atoms with E-state index in [9.17, 15) is 14.9 Å². The van der Waals surface area contributed by atoms with Crippen molar-refractivity contribution in [3.05, 3.63) is 74.8 Å². The molecule has 0 heterocycles. The maximum atomic E-state index is 12.1. The number of nitriles is 1. The van der Waals surface area contributed by atoms with Gasteiger partial charge < -0.3 is 5.32 Å². The van der Waals surface area contributed by atoms with Crippen molar-refractivity contribution in [2.75, 3.05) is 5.32 Å². The molecule has 6 nitrogen and oxygen atoms in total. The highest BCUT2D eigenvalue weighted by Crippen LogP contribution is 2.21. The first-order valence-corrected chi connectivity index (χ1v) is 6.81. The van der Waals surface area contributed by atoms with Gasteiger partial charge in [0.15, 0.2) is 0 Å². The van der Waals surface area contributed by atoms with Crippen LogP contribution in [0.15, 0.2) is 54.1 Å². The quantitative estimate of drug-likeness (QED) is 0.400. The number of rotatable bonds is 4. The lowest BCUT2D eigenvalue weighted by molar-refractivity contribution is -0.385. The van der Waals surface area contributed by atoms with Crippen LogP contribution in [0.2, 0.25) is 5.02 Å². The van der Waals surface area contributed by atoms with E-state index in [-0.39, 0.29) is 16.8 Å². The molecular weight excluding hydrogens is 318 g/mol. The van der Waals surface area contributed by atoms with Crippen LogP contribution in [0.4, 0.5) is 11.4 Å². The number of benzene rings is 2. The molecule has 0 unspecified atom stereocenters. The predicted octanol–water partition coefficient (Wildman–Crippen LogP) is 3.79. The third-order valence-corrected chi connectivity index (χ3v) is 3.15. The monoisotopic (exact) mass is 327 g/mol. The van der Waals surface area contributed by atoms with Crippen molar-refractivity contribution in [3.8, 4) is 6.07 Å². The zero-order chi connectivity index (χ0) is 16.8. The Bertz CT molecular complexity index is 823. The largest absolute Gasteiger partial charge is 0.321 e. The van der Waals surface area contributed by atoms with Crippen LogP contribution in [-0.2, 0) is 4.79 Å². The summed E-state index contributed by atoms with van der Waals surface area (Å²) in [6, 6.07) is 14.0. The molecule has 7 heteroatoms. The summed E-state index contributed by atoms with van der Waals surface area (Å²) < 4.78 is 0. The lowest BCUT2D eigenvalue weighted by atomic mass is 10.1. The first-order valence-electron chi connectivity index (χ1n) is 6.43. The zero-order valence-corrected chi connectivity index (χ0v) is 12.4. The number of nitrogens with zero attached hydrogens (tertiary/aromatic N) is 2. The smallest absolute Gasteiger partial charge is 0.276 e. The van der Waals surface area contributed by atoms with Gasteiger partial charge in [0, 0.05) is 16.8 Å². The minimum atomic E-state index is -0.659. The normalized spacial score (nSPS) is 10.7. The Morgan fingerprint density at radius 3 is 2.48 bits per heavy atom. The van der Waals surface area contributed by atoms with Gasteiger partial charge in [0.1, 0.15) is 11.6 Å². The molecule has 0 spiro atoms. The van der Waals surface area contributed by atoms with Crippen LogP contribution in [0.3, 0.4) is 0 Å². The van der Waals surface area contributed by atoms with Crippen LogP contribution in [0.25, 0.3) is 6.08 Å². The summed E-state index contributed by atoms with van der Waals surface area (Å²) in [6.45, 7) is 0. The second-order valence-corrected chi connectivity index (χ2v) is 4.88. The third-order valence-electron chi connectivity index (χ3n) is 2.90. The summed E-state index contributed by atoms with van der Waals surface area (Å²) in [5.41, 5.74) is 0.220. The molecule has 0 aliphatic heterocycles. The Morgan fingerprint density at radius 1 is 1.22 bits per heavy atom. The minimum Gasteiger partial charge on any atom is -0.321 e. The van der Waals surface area contributed by atoms with E-state index < -0.39 is 10.8 Å². The topological polar surface area (TPSA) is 96.0 Å². The summed E-state index contributed by atoms with van der Waals surface area (Å²) in [5.74, 6) is -0.659. The number of nitro benzene ring substituents is 1. The van der Waals surface area contributed by atoms with Crippen molar-refractivity contribution in [3.63, 3.8) is 0 Å². The van der Waals surface area contributed by atoms with Crippen molar-refractivity contribution in [2.45, 2.75) is 0 Å². The van der Waals surface area contributed by atoms with Crippen LogP contribution in [-0.4, -0.2) is 10.8 Å². The Hall–Kier alpha value is -3.17. The molecule has 114 valence electrons. The summed E-state index contributed by atoms with van der Waals surface area (Å²) in [6.07, 6.45) is 1.18. The van der Waals surface area contributed by atoms with Gasteiger partial charge in [-0.15, -0.1) is 0 Å². The van der Waals surface area contributed by atoms with Gasteiger partial charge in [-0.2, -0.15) is 5.26 Å². The number of anilines is 1. The summed E-state index contributed by atoms with van der Waals surface area (Å²) >= 11 is 5.75. The fourth-order valence-corrected chi connectivity index (χ4v) is 1.94. The van der Waals surface area contributed by atoms with Gasteiger partial charge in [-0.1, -0.05) is 23.7 Å². The van der Waals surface area contributed by atoms with Crippen molar-refractivity contribution < 1.29 is 9.72 Å². The average molecular weight is 328 g/mol. The fraction of sp³-hybridized carbons (Fsp3) is 0. The number of hydrogen-bond acceptors (Lipinski definition) is 4. The minimum absolute atomic E-state index is 0.181. The van der Waals surface area contributed by atoms with Crippen LogP contribution >= 0.6 is 11.6 Å². The molecule has 0 saturated heterocycles. The van der Waals surface area contributed by atoms with Gasteiger partial charge in [0.25, 0.3) is 11.6 Å². The molecule has 2 aromatic carbocycles. The van der Waals surface area contributed by atoms with E-state index in [1.54, 1.807) is 36.4 Å². The molecule has 0 radical (unpaired) electrons. The van der Waals surface area contributed by atoms with Crippen LogP contribution in [0.5, 0.6) is 0 Å². The molecule has 1 N–H and O–H groups in total. The molecule has 0 aromatic heterocycles. The fourth-order valence-electron chi connectivity index (χ4n) is 1.81. The second-order valence-electron chi connectivity index (χ2n) is 4.45.